The molecule has 0 bridgehead atoms. The molecule has 1 aromatic heterocycles. The third-order valence-electron chi connectivity index (χ3n) is 2.70. The summed E-state index contributed by atoms with van der Waals surface area (Å²) in [5, 5.41) is 6.60. The Bertz CT molecular complexity index is 341. The predicted octanol–water partition coefficient (Wildman–Crippen LogP) is 2.60. The number of hydrogen-bond donors (Lipinski definition) is 2. The number of guanidine groups is 1. The van der Waals surface area contributed by atoms with Crippen LogP contribution in [-0.2, 0) is 6.42 Å². The zero-order valence-corrected chi connectivity index (χ0v) is 14.2. The molecule has 0 saturated heterocycles. The van der Waals surface area contributed by atoms with E-state index in [1.807, 2.05) is 24.4 Å². The summed E-state index contributed by atoms with van der Waals surface area (Å²) in [6, 6.07) is 5.99. The summed E-state index contributed by atoms with van der Waals surface area (Å²) in [6.45, 7) is 4.04. The molecule has 1 heterocycles. The number of hydrogen-bond acceptors (Lipinski definition) is 2. The van der Waals surface area contributed by atoms with E-state index in [-0.39, 0.29) is 24.0 Å². The average Bonchev–Trinajstić information content (AvgIpc) is 2.42. The van der Waals surface area contributed by atoms with Gasteiger partial charge in [-0.3, -0.25) is 9.98 Å². The first-order valence-corrected chi connectivity index (χ1v) is 6.71. The first kappa shape index (κ1) is 18.1. The Balaban J connectivity index is 0.00000324. The van der Waals surface area contributed by atoms with E-state index in [1.54, 1.807) is 7.05 Å². The van der Waals surface area contributed by atoms with Gasteiger partial charge in [-0.25, -0.2) is 0 Å². The van der Waals surface area contributed by atoms with Crippen molar-refractivity contribution < 1.29 is 0 Å². The lowest BCUT2D eigenvalue weighted by atomic mass is 10.2. The maximum absolute atomic E-state index is 4.29. The van der Waals surface area contributed by atoms with Crippen molar-refractivity contribution in [3.05, 3.63) is 30.1 Å². The van der Waals surface area contributed by atoms with Crippen LogP contribution in [0.5, 0.6) is 0 Å². The molecule has 5 heteroatoms. The minimum atomic E-state index is 0. The fraction of sp³-hybridized carbons (Fsp3) is 0.571. The molecule has 108 valence electrons. The summed E-state index contributed by atoms with van der Waals surface area (Å²) in [6.07, 6.45) is 6.44. The van der Waals surface area contributed by atoms with Gasteiger partial charge in [0.25, 0.3) is 0 Å². The standard InChI is InChI=1S/C14H24N4.HI/c1-3-4-6-11-17-14(15-2)18-12-9-13-8-5-7-10-16-13;/h5,7-8,10H,3-4,6,9,11-12H2,1-2H3,(H2,15,17,18);1H. The lowest BCUT2D eigenvalue weighted by Gasteiger charge is -2.11. The molecule has 0 unspecified atom stereocenters. The van der Waals surface area contributed by atoms with E-state index in [0.717, 1.165) is 31.2 Å². The maximum atomic E-state index is 4.29. The van der Waals surface area contributed by atoms with Gasteiger partial charge < -0.3 is 10.6 Å². The normalized spacial score (nSPS) is 10.7. The molecular weight excluding hydrogens is 351 g/mol. The van der Waals surface area contributed by atoms with E-state index >= 15 is 0 Å². The molecule has 0 fully saturated rings. The van der Waals surface area contributed by atoms with Gasteiger partial charge >= 0.3 is 0 Å². The number of aromatic nitrogens is 1. The molecule has 0 aliphatic carbocycles. The van der Waals surface area contributed by atoms with Crippen LogP contribution in [-0.4, -0.2) is 31.1 Å². The second-order valence-electron chi connectivity index (χ2n) is 4.20. The zero-order chi connectivity index (χ0) is 13.1. The molecule has 4 nitrogen and oxygen atoms in total. The van der Waals surface area contributed by atoms with Gasteiger partial charge in [-0.05, 0) is 18.6 Å². The second-order valence-corrected chi connectivity index (χ2v) is 4.20. The van der Waals surface area contributed by atoms with Gasteiger partial charge in [-0.2, -0.15) is 0 Å². The summed E-state index contributed by atoms with van der Waals surface area (Å²) < 4.78 is 0. The van der Waals surface area contributed by atoms with Crippen LogP contribution < -0.4 is 10.6 Å². The summed E-state index contributed by atoms with van der Waals surface area (Å²) in [4.78, 5) is 8.48. The molecule has 0 radical (unpaired) electrons. The van der Waals surface area contributed by atoms with E-state index in [9.17, 15) is 0 Å². The third-order valence-corrected chi connectivity index (χ3v) is 2.70. The summed E-state index contributed by atoms with van der Waals surface area (Å²) >= 11 is 0. The molecule has 0 aliphatic rings. The van der Waals surface area contributed by atoms with Crippen LogP contribution in [0.3, 0.4) is 0 Å². The topological polar surface area (TPSA) is 49.3 Å². The van der Waals surface area contributed by atoms with Crippen molar-refractivity contribution in [1.29, 1.82) is 0 Å². The van der Waals surface area contributed by atoms with E-state index in [0.29, 0.717) is 0 Å². The monoisotopic (exact) mass is 376 g/mol. The quantitative estimate of drug-likeness (QED) is 0.333. The Hall–Kier alpha value is -0.850. The first-order valence-electron chi connectivity index (χ1n) is 6.71. The molecular formula is C14H25IN4. The zero-order valence-electron chi connectivity index (χ0n) is 11.9. The number of halogens is 1. The minimum Gasteiger partial charge on any atom is -0.356 e. The van der Waals surface area contributed by atoms with E-state index < -0.39 is 0 Å². The predicted molar refractivity (Wildman–Crippen MR) is 92.2 cm³/mol. The summed E-state index contributed by atoms with van der Waals surface area (Å²) in [5.41, 5.74) is 1.10. The highest BCUT2D eigenvalue weighted by Crippen LogP contribution is 1.93. The van der Waals surface area contributed by atoms with Gasteiger partial charge in [0.1, 0.15) is 0 Å². The van der Waals surface area contributed by atoms with Crippen LogP contribution in [0.25, 0.3) is 0 Å². The van der Waals surface area contributed by atoms with Gasteiger partial charge in [0.05, 0.1) is 0 Å². The van der Waals surface area contributed by atoms with Crippen molar-refractivity contribution in [1.82, 2.24) is 15.6 Å². The largest absolute Gasteiger partial charge is 0.356 e. The number of nitrogens with one attached hydrogen (secondary N) is 2. The number of pyridine rings is 1. The van der Waals surface area contributed by atoms with E-state index in [2.05, 4.69) is 27.5 Å². The van der Waals surface area contributed by atoms with Crippen molar-refractivity contribution in [3.8, 4) is 0 Å². The highest BCUT2D eigenvalue weighted by molar-refractivity contribution is 14.0. The fourth-order valence-electron chi connectivity index (χ4n) is 1.66. The van der Waals surface area contributed by atoms with E-state index in [4.69, 9.17) is 0 Å². The van der Waals surface area contributed by atoms with Crippen LogP contribution in [0.15, 0.2) is 29.4 Å². The Labute approximate surface area is 133 Å². The number of unbranched alkanes of at least 4 members (excludes halogenated alkanes) is 2. The minimum absolute atomic E-state index is 0. The lowest BCUT2D eigenvalue weighted by molar-refractivity contribution is 0.681. The average molecular weight is 376 g/mol. The van der Waals surface area contributed by atoms with Crippen LogP contribution in [0.1, 0.15) is 31.9 Å². The smallest absolute Gasteiger partial charge is 0.190 e. The molecule has 0 saturated carbocycles. The second kappa shape index (κ2) is 12.2. The Kier molecular flexibility index (Phi) is 11.7. The van der Waals surface area contributed by atoms with Crippen molar-refractivity contribution >= 4 is 29.9 Å². The van der Waals surface area contributed by atoms with Gasteiger partial charge in [0.15, 0.2) is 5.96 Å². The van der Waals surface area contributed by atoms with Crippen molar-refractivity contribution in [2.45, 2.75) is 32.6 Å². The SMILES string of the molecule is CCCCCNC(=NC)NCCc1ccccn1.I. The van der Waals surface area contributed by atoms with Crippen LogP contribution in [0.4, 0.5) is 0 Å². The highest BCUT2D eigenvalue weighted by Gasteiger charge is 1.97. The van der Waals surface area contributed by atoms with Gasteiger partial charge in [-0.15, -0.1) is 24.0 Å². The van der Waals surface area contributed by atoms with Crippen LogP contribution in [0.2, 0.25) is 0 Å². The first-order chi connectivity index (χ1) is 8.86. The van der Waals surface area contributed by atoms with Gasteiger partial charge in [0.2, 0.25) is 0 Å². The summed E-state index contributed by atoms with van der Waals surface area (Å²) in [7, 11) is 1.80. The molecule has 1 rings (SSSR count). The Morgan fingerprint density at radius 2 is 2.00 bits per heavy atom. The number of aliphatic imine (C=N–C) groups is 1. The van der Waals surface area contributed by atoms with Crippen molar-refractivity contribution in [2.75, 3.05) is 20.1 Å². The molecule has 2 N–H and O–H groups in total. The molecule has 0 atom stereocenters. The molecule has 0 spiro atoms. The highest BCUT2D eigenvalue weighted by atomic mass is 127. The summed E-state index contributed by atoms with van der Waals surface area (Å²) in [5.74, 6) is 0.877. The lowest BCUT2D eigenvalue weighted by Crippen LogP contribution is -2.38. The Morgan fingerprint density at radius 1 is 1.21 bits per heavy atom. The molecule has 1 aromatic rings. The van der Waals surface area contributed by atoms with Crippen LogP contribution >= 0.6 is 24.0 Å². The molecule has 19 heavy (non-hydrogen) atoms. The third kappa shape index (κ3) is 8.80. The van der Waals surface area contributed by atoms with Gasteiger partial charge in [0, 0.05) is 38.4 Å². The fourth-order valence-corrected chi connectivity index (χ4v) is 1.66. The molecule has 0 aliphatic heterocycles. The Morgan fingerprint density at radius 3 is 2.63 bits per heavy atom. The molecule has 0 aromatic carbocycles. The molecule has 0 amide bonds. The number of nitrogens with zero attached hydrogens (tertiary/aromatic N) is 2. The van der Waals surface area contributed by atoms with Gasteiger partial charge in [-0.1, -0.05) is 25.8 Å². The van der Waals surface area contributed by atoms with Crippen molar-refractivity contribution in [2.24, 2.45) is 4.99 Å². The van der Waals surface area contributed by atoms with Crippen LogP contribution in [0, 0.1) is 0 Å². The van der Waals surface area contributed by atoms with Crippen molar-refractivity contribution in [3.63, 3.8) is 0 Å². The number of rotatable bonds is 7. The maximum Gasteiger partial charge on any atom is 0.190 e. The van der Waals surface area contributed by atoms with E-state index in [1.165, 1.54) is 19.3 Å².